The molecule has 3 rings (SSSR count). The standard InChI is InChI=1S/C19H34BNO5/c1-16(2,3)24-15(22)21-13-8-9-14(21)11-19(23,10-13)12-20-25-17(4,5)18(6,7)26-20/h13-14,23H,8-12H2,1-7H3. The highest BCUT2D eigenvalue weighted by atomic mass is 16.7. The zero-order chi connectivity index (χ0) is 19.5. The predicted octanol–water partition coefficient (Wildman–Crippen LogP) is 3.37. The van der Waals surface area contributed by atoms with Crippen molar-refractivity contribution in [3.8, 4) is 0 Å². The summed E-state index contributed by atoms with van der Waals surface area (Å²) in [5, 5.41) is 11.2. The van der Waals surface area contributed by atoms with Gasteiger partial charge in [-0.15, -0.1) is 0 Å². The van der Waals surface area contributed by atoms with Gasteiger partial charge in [0.1, 0.15) is 5.60 Å². The van der Waals surface area contributed by atoms with Crippen molar-refractivity contribution < 1.29 is 23.9 Å². The van der Waals surface area contributed by atoms with Crippen molar-refractivity contribution in [3.63, 3.8) is 0 Å². The summed E-state index contributed by atoms with van der Waals surface area (Å²) in [6.07, 6.45) is 3.10. The lowest BCUT2D eigenvalue weighted by atomic mass is 9.69. The third-order valence-electron chi connectivity index (χ3n) is 6.30. The lowest BCUT2D eigenvalue weighted by Gasteiger charge is -2.44. The van der Waals surface area contributed by atoms with Crippen LogP contribution in [0.5, 0.6) is 0 Å². The fraction of sp³-hybridized carbons (Fsp3) is 0.947. The number of carbonyl (C=O) groups excluding carboxylic acids is 1. The molecule has 2 atom stereocenters. The Balaban J connectivity index is 1.66. The third kappa shape index (κ3) is 3.76. The van der Waals surface area contributed by atoms with Crippen molar-refractivity contribution >= 4 is 13.2 Å². The number of hydrogen-bond acceptors (Lipinski definition) is 5. The van der Waals surface area contributed by atoms with Crippen molar-refractivity contribution in [2.45, 2.75) is 115 Å². The molecule has 0 spiro atoms. The number of aliphatic hydroxyl groups is 1. The number of ether oxygens (including phenoxy) is 1. The molecule has 26 heavy (non-hydrogen) atoms. The van der Waals surface area contributed by atoms with Crippen LogP contribution in [0.4, 0.5) is 4.79 Å². The maximum absolute atomic E-state index is 12.6. The van der Waals surface area contributed by atoms with Crippen LogP contribution in [0, 0.1) is 0 Å². The van der Waals surface area contributed by atoms with Gasteiger partial charge in [-0.1, -0.05) is 0 Å². The first-order valence-electron chi connectivity index (χ1n) is 9.81. The smallest absolute Gasteiger partial charge is 0.444 e. The minimum absolute atomic E-state index is 0.0241. The molecule has 0 radical (unpaired) electrons. The SMILES string of the molecule is CC(C)(C)OC(=O)N1C2CCC1CC(O)(CB1OC(C)(C)C(C)(C)O1)C2. The highest BCUT2D eigenvalue weighted by Gasteiger charge is 2.56. The highest BCUT2D eigenvalue weighted by Crippen LogP contribution is 2.46. The van der Waals surface area contributed by atoms with E-state index in [0.717, 1.165) is 12.8 Å². The third-order valence-corrected chi connectivity index (χ3v) is 6.30. The molecular formula is C19H34BNO5. The molecule has 0 aromatic rings. The van der Waals surface area contributed by atoms with Crippen LogP contribution in [-0.4, -0.2) is 57.7 Å². The summed E-state index contributed by atoms with van der Waals surface area (Å²) >= 11 is 0. The van der Waals surface area contributed by atoms with Gasteiger partial charge in [0.25, 0.3) is 0 Å². The number of carbonyl (C=O) groups is 1. The summed E-state index contributed by atoms with van der Waals surface area (Å²) < 4.78 is 17.7. The normalized spacial score (nSPS) is 35.7. The fourth-order valence-electron chi connectivity index (χ4n) is 4.46. The summed E-state index contributed by atoms with van der Waals surface area (Å²) in [4.78, 5) is 14.4. The molecule has 2 bridgehead atoms. The van der Waals surface area contributed by atoms with Gasteiger partial charge >= 0.3 is 13.2 Å². The Bertz CT molecular complexity index is 541. The molecule has 3 fully saturated rings. The van der Waals surface area contributed by atoms with E-state index in [0.29, 0.717) is 19.2 Å². The number of fused-ring (bicyclic) bond motifs is 2. The quantitative estimate of drug-likeness (QED) is 0.758. The molecule has 1 N–H and O–H groups in total. The predicted molar refractivity (Wildman–Crippen MR) is 100.0 cm³/mol. The summed E-state index contributed by atoms with van der Waals surface area (Å²) in [5.74, 6) is 0. The minimum Gasteiger partial charge on any atom is -0.444 e. The van der Waals surface area contributed by atoms with E-state index in [1.165, 1.54) is 0 Å². The summed E-state index contributed by atoms with van der Waals surface area (Å²) in [7, 11) is -0.419. The lowest BCUT2D eigenvalue weighted by Crippen LogP contribution is -2.55. The number of hydrogen-bond donors (Lipinski definition) is 1. The van der Waals surface area contributed by atoms with E-state index in [1.54, 1.807) is 0 Å². The van der Waals surface area contributed by atoms with Crippen LogP contribution >= 0.6 is 0 Å². The zero-order valence-corrected chi connectivity index (χ0v) is 17.3. The second kappa shape index (κ2) is 6.11. The Kier molecular flexibility index (Phi) is 4.69. The van der Waals surface area contributed by atoms with Crippen molar-refractivity contribution in [3.05, 3.63) is 0 Å². The second-order valence-corrected chi connectivity index (χ2v) is 10.3. The van der Waals surface area contributed by atoms with Crippen molar-refractivity contribution in [1.29, 1.82) is 0 Å². The van der Waals surface area contributed by atoms with Crippen molar-refractivity contribution in [2.24, 2.45) is 0 Å². The van der Waals surface area contributed by atoms with E-state index < -0.39 is 29.5 Å². The Labute approximate surface area is 157 Å². The van der Waals surface area contributed by atoms with Crippen molar-refractivity contribution in [1.82, 2.24) is 4.90 Å². The first-order valence-corrected chi connectivity index (χ1v) is 9.81. The Morgan fingerprint density at radius 1 is 1.12 bits per heavy atom. The molecule has 3 saturated heterocycles. The van der Waals surface area contributed by atoms with Crippen LogP contribution in [-0.2, 0) is 14.0 Å². The van der Waals surface area contributed by atoms with Crippen LogP contribution in [0.2, 0.25) is 6.32 Å². The van der Waals surface area contributed by atoms with Gasteiger partial charge in [-0.25, -0.2) is 4.79 Å². The number of amides is 1. The van der Waals surface area contributed by atoms with Gasteiger partial charge in [0.15, 0.2) is 0 Å². The maximum Gasteiger partial charge on any atom is 0.460 e. The molecule has 1 amide bonds. The van der Waals surface area contributed by atoms with Crippen LogP contribution in [0.1, 0.15) is 74.1 Å². The lowest BCUT2D eigenvalue weighted by molar-refractivity contribution is -0.0509. The number of piperidine rings is 1. The van der Waals surface area contributed by atoms with E-state index in [-0.39, 0.29) is 18.2 Å². The monoisotopic (exact) mass is 367 g/mol. The highest BCUT2D eigenvalue weighted by molar-refractivity contribution is 6.45. The van der Waals surface area contributed by atoms with Crippen LogP contribution in [0.3, 0.4) is 0 Å². The van der Waals surface area contributed by atoms with Crippen LogP contribution in [0.15, 0.2) is 0 Å². The second-order valence-electron chi connectivity index (χ2n) is 10.3. The van der Waals surface area contributed by atoms with Gasteiger partial charge in [0.2, 0.25) is 0 Å². The zero-order valence-electron chi connectivity index (χ0n) is 17.3. The topological polar surface area (TPSA) is 68.2 Å². The van der Waals surface area contributed by atoms with Gasteiger partial charge in [-0.05, 0) is 74.1 Å². The molecule has 0 aromatic carbocycles. The molecule has 2 unspecified atom stereocenters. The molecule has 148 valence electrons. The van der Waals surface area contributed by atoms with Crippen LogP contribution < -0.4 is 0 Å². The number of rotatable bonds is 2. The van der Waals surface area contributed by atoms with E-state index in [9.17, 15) is 9.90 Å². The summed E-state index contributed by atoms with van der Waals surface area (Å²) in [5.41, 5.74) is -2.17. The average Bonchev–Trinajstić information content (AvgIpc) is 2.78. The summed E-state index contributed by atoms with van der Waals surface area (Å²) in [6, 6.07) is 0.0482. The molecule has 6 nitrogen and oxygen atoms in total. The van der Waals surface area contributed by atoms with E-state index >= 15 is 0 Å². The maximum atomic E-state index is 12.6. The van der Waals surface area contributed by atoms with Crippen molar-refractivity contribution in [2.75, 3.05) is 0 Å². The Morgan fingerprint density at radius 3 is 2.00 bits per heavy atom. The molecule has 3 aliphatic heterocycles. The fourth-order valence-corrected chi connectivity index (χ4v) is 4.46. The molecule has 0 aliphatic carbocycles. The van der Waals surface area contributed by atoms with Gasteiger partial charge in [0.05, 0.1) is 16.8 Å². The molecule has 0 saturated carbocycles. The van der Waals surface area contributed by atoms with Gasteiger partial charge in [-0.3, -0.25) is 0 Å². The van der Waals surface area contributed by atoms with Gasteiger partial charge < -0.3 is 24.1 Å². The largest absolute Gasteiger partial charge is 0.460 e. The molecule has 3 aliphatic rings. The molecular weight excluding hydrogens is 333 g/mol. The van der Waals surface area contributed by atoms with Crippen LogP contribution in [0.25, 0.3) is 0 Å². The van der Waals surface area contributed by atoms with Gasteiger partial charge in [-0.2, -0.15) is 0 Å². The molecule has 0 aromatic heterocycles. The minimum atomic E-state index is -0.870. The van der Waals surface area contributed by atoms with E-state index in [1.807, 2.05) is 53.4 Å². The molecule has 7 heteroatoms. The first-order chi connectivity index (χ1) is 11.7. The van der Waals surface area contributed by atoms with Gasteiger partial charge in [0, 0.05) is 18.4 Å². The number of nitrogens with zero attached hydrogens (tertiary/aromatic N) is 1. The Morgan fingerprint density at radius 2 is 1.58 bits per heavy atom. The molecule has 3 heterocycles. The average molecular weight is 367 g/mol. The summed E-state index contributed by atoms with van der Waals surface area (Å²) in [6.45, 7) is 13.7. The van der Waals surface area contributed by atoms with E-state index in [4.69, 9.17) is 14.0 Å². The Hall–Kier alpha value is -0.785. The van der Waals surface area contributed by atoms with E-state index in [2.05, 4.69) is 0 Å². The first kappa shape index (κ1) is 20.0.